The van der Waals surface area contributed by atoms with Crippen LogP contribution in [0.1, 0.15) is 40.5 Å². The van der Waals surface area contributed by atoms with E-state index in [1.807, 2.05) is 0 Å². The van der Waals surface area contributed by atoms with Crippen LogP contribution in [0.4, 0.5) is 0 Å². The maximum absolute atomic E-state index is 12.4. The molecule has 25 heavy (non-hydrogen) atoms. The standard InChI is InChI=1S/C15H25N3O6S/c1-9(2)13(25(5,22)23)14(20)18-12(15(21)24-10(3)4)7-6-11(19)8-17-16/h8-10,12-13H,6-7H2,1-5H3,(H,18,20)/t12-,13-/m0/s1. The van der Waals surface area contributed by atoms with E-state index in [-0.39, 0.29) is 12.8 Å². The predicted molar refractivity (Wildman–Crippen MR) is 90.6 cm³/mol. The van der Waals surface area contributed by atoms with Crippen molar-refractivity contribution in [2.45, 2.75) is 57.9 Å². The average Bonchev–Trinajstić information content (AvgIpc) is 2.40. The van der Waals surface area contributed by atoms with Crippen LogP contribution in [0, 0.1) is 5.92 Å². The molecule has 0 aromatic carbocycles. The molecule has 0 spiro atoms. The molecule has 0 bridgehead atoms. The lowest BCUT2D eigenvalue weighted by molar-refractivity contribution is -0.151. The van der Waals surface area contributed by atoms with Gasteiger partial charge in [0.05, 0.1) is 6.10 Å². The number of nitrogens with zero attached hydrogens (tertiary/aromatic N) is 2. The van der Waals surface area contributed by atoms with Crippen LogP contribution in [-0.4, -0.2) is 60.7 Å². The number of amides is 1. The Bertz CT molecular complexity index is 650. The summed E-state index contributed by atoms with van der Waals surface area (Å²) in [5, 5.41) is 1.03. The molecule has 0 aromatic heterocycles. The number of sulfone groups is 1. The van der Waals surface area contributed by atoms with Crippen LogP contribution >= 0.6 is 0 Å². The summed E-state index contributed by atoms with van der Waals surface area (Å²) in [7, 11) is -3.68. The largest absolute Gasteiger partial charge is 0.461 e. The van der Waals surface area contributed by atoms with Gasteiger partial charge in [-0.05, 0) is 26.2 Å². The van der Waals surface area contributed by atoms with Gasteiger partial charge in [-0.15, -0.1) is 0 Å². The van der Waals surface area contributed by atoms with Crippen LogP contribution < -0.4 is 5.32 Å². The monoisotopic (exact) mass is 375 g/mol. The third-order valence-electron chi connectivity index (χ3n) is 3.16. The second-order valence-electron chi connectivity index (χ2n) is 6.29. The molecule has 2 atom stereocenters. The van der Waals surface area contributed by atoms with Crippen molar-refractivity contribution >= 4 is 33.7 Å². The first-order valence-corrected chi connectivity index (χ1v) is 9.75. The fourth-order valence-electron chi connectivity index (χ4n) is 2.22. The summed E-state index contributed by atoms with van der Waals surface area (Å²) in [6.07, 6.45) is 0.877. The number of esters is 1. The quantitative estimate of drug-likeness (QED) is 0.249. The van der Waals surface area contributed by atoms with Crippen LogP contribution in [0.25, 0.3) is 5.53 Å². The maximum atomic E-state index is 12.4. The summed E-state index contributed by atoms with van der Waals surface area (Å²) >= 11 is 0. The molecular formula is C15H25N3O6S. The first-order valence-electron chi connectivity index (χ1n) is 7.80. The van der Waals surface area contributed by atoms with E-state index in [0.717, 1.165) is 6.26 Å². The van der Waals surface area contributed by atoms with Crippen molar-refractivity contribution in [1.82, 2.24) is 5.32 Å². The molecule has 0 saturated carbocycles. The van der Waals surface area contributed by atoms with Crippen LogP contribution in [0.2, 0.25) is 0 Å². The van der Waals surface area contributed by atoms with Crippen molar-refractivity contribution < 1.29 is 32.3 Å². The third-order valence-corrected chi connectivity index (χ3v) is 4.84. The molecule has 0 heterocycles. The Hall–Kier alpha value is -2.06. The highest BCUT2D eigenvalue weighted by Crippen LogP contribution is 2.13. The van der Waals surface area contributed by atoms with Crippen molar-refractivity contribution in [1.29, 1.82) is 0 Å². The highest BCUT2D eigenvalue weighted by Gasteiger charge is 2.35. The number of carbonyl (C=O) groups is 3. The maximum Gasteiger partial charge on any atom is 0.328 e. The highest BCUT2D eigenvalue weighted by molar-refractivity contribution is 7.92. The lowest BCUT2D eigenvalue weighted by Gasteiger charge is -2.23. The Morgan fingerprint density at radius 1 is 1.20 bits per heavy atom. The summed E-state index contributed by atoms with van der Waals surface area (Å²) in [4.78, 5) is 38.5. The molecule has 0 saturated heterocycles. The Kier molecular flexibility index (Phi) is 9.22. The van der Waals surface area contributed by atoms with Gasteiger partial charge in [0.2, 0.25) is 11.7 Å². The first-order chi connectivity index (χ1) is 11.4. The molecule has 1 amide bonds. The minimum atomic E-state index is -3.68. The molecule has 0 rings (SSSR count). The topological polar surface area (TPSA) is 143 Å². The highest BCUT2D eigenvalue weighted by atomic mass is 32.2. The molecule has 0 radical (unpaired) electrons. The number of ether oxygens (including phenoxy) is 1. The molecule has 1 N–H and O–H groups in total. The fourth-order valence-corrected chi connectivity index (χ4v) is 3.67. The first kappa shape index (κ1) is 22.9. The van der Waals surface area contributed by atoms with Gasteiger partial charge in [-0.3, -0.25) is 9.59 Å². The smallest absolute Gasteiger partial charge is 0.328 e. The van der Waals surface area contributed by atoms with Crippen LogP contribution in [0.3, 0.4) is 0 Å². The number of hydrogen-bond acceptors (Lipinski definition) is 6. The van der Waals surface area contributed by atoms with Gasteiger partial charge in [0.25, 0.3) is 0 Å². The van der Waals surface area contributed by atoms with Crippen LogP contribution in [-0.2, 0) is 29.0 Å². The molecular weight excluding hydrogens is 350 g/mol. The molecule has 10 heteroatoms. The van der Waals surface area contributed by atoms with E-state index in [1.165, 1.54) is 0 Å². The third kappa shape index (κ3) is 8.55. The second-order valence-corrected chi connectivity index (χ2v) is 8.46. The molecule has 0 unspecified atom stereocenters. The van der Waals surface area contributed by atoms with Gasteiger partial charge in [0.15, 0.2) is 9.84 Å². The van der Waals surface area contributed by atoms with Crippen molar-refractivity contribution in [2.75, 3.05) is 6.26 Å². The van der Waals surface area contributed by atoms with E-state index in [1.54, 1.807) is 27.7 Å². The summed E-state index contributed by atoms with van der Waals surface area (Å²) in [5.41, 5.74) is 8.32. The van der Waals surface area contributed by atoms with E-state index < -0.39 is 50.8 Å². The second kappa shape index (κ2) is 10.0. The van der Waals surface area contributed by atoms with E-state index in [4.69, 9.17) is 10.3 Å². The van der Waals surface area contributed by atoms with Crippen molar-refractivity contribution in [3.8, 4) is 0 Å². The fraction of sp³-hybridized carbons (Fsp3) is 0.733. The molecule has 0 aliphatic rings. The van der Waals surface area contributed by atoms with E-state index in [2.05, 4.69) is 10.1 Å². The zero-order chi connectivity index (χ0) is 19.8. The molecule has 142 valence electrons. The molecule has 0 aliphatic carbocycles. The lowest BCUT2D eigenvalue weighted by Crippen LogP contribution is -2.50. The number of Topliss-reactive ketones (excluding diaryl/α,β-unsaturated/α-hetero) is 1. The predicted octanol–water partition coefficient (Wildman–Crippen LogP) is 0.142. The van der Waals surface area contributed by atoms with Gasteiger partial charge >= 0.3 is 12.2 Å². The van der Waals surface area contributed by atoms with Crippen molar-refractivity contribution in [3.63, 3.8) is 0 Å². The van der Waals surface area contributed by atoms with Crippen molar-refractivity contribution in [3.05, 3.63) is 5.53 Å². The van der Waals surface area contributed by atoms with Gasteiger partial charge < -0.3 is 15.6 Å². The number of hydrogen-bond donors (Lipinski definition) is 1. The lowest BCUT2D eigenvalue weighted by atomic mass is 10.1. The van der Waals surface area contributed by atoms with Crippen molar-refractivity contribution in [2.24, 2.45) is 5.92 Å². The van der Waals surface area contributed by atoms with Crippen LogP contribution in [0.5, 0.6) is 0 Å². The van der Waals surface area contributed by atoms with Gasteiger partial charge in [-0.25, -0.2) is 13.2 Å². The number of rotatable bonds is 10. The Morgan fingerprint density at radius 2 is 1.76 bits per heavy atom. The normalized spacial score (nSPS) is 13.7. The number of ketones is 1. The average molecular weight is 375 g/mol. The SMILES string of the molecule is CC(C)OC(=O)[C@H](CCC(=O)C=[N+]=[N-])NC(=O)[C@H](C(C)C)S(C)(=O)=O. The summed E-state index contributed by atoms with van der Waals surface area (Å²) in [5.74, 6) is -2.65. The van der Waals surface area contributed by atoms with Gasteiger partial charge in [-0.1, -0.05) is 13.8 Å². The van der Waals surface area contributed by atoms with Crippen LogP contribution in [0.15, 0.2) is 0 Å². The summed E-state index contributed by atoms with van der Waals surface area (Å²) in [6, 6.07) is -1.19. The number of carbonyl (C=O) groups excluding carboxylic acids is 3. The van der Waals surface area contributed by atoms with E-state index in [9.17, 15) is 22.8 Å². The zero-order valence-electron chi connectivity index (χ0n) is 15.1. The van der Waals surface area contributed by atoms with E-state index in [0.29, 0.717) is 6.21 Å². The Balaban J connectivity index is 5.32. The minimum Gasteiger partial charge on any atom is -0.461 e. The zero-order valence-corrected chi connectivity index (χ0v) is 15.9. The Morgan fingerprint density at radius 3 is 2.16 bits per heavy atom. The summed E-state index contributed by atoms with van der Waals surface area (Å²) < 4.78 is 28.7. The molecule has 0 fully saturated rings. The number of nitrogens with one attached hydrogen (secondary N) is 1. The van der Waals surface area contributed by atoms with Gasteiger partial charge in [-0.2, -0.15) is 4.79 Å². The Labute approximate surface area is 147 Å². The van der Waals surface area contributed by atoms with Gasteiger partial charge in [0.1, 0.15) is 11.3 Å². The minimum absolute atomic E-state index is 0.114. The molecule has 0 aliphatic heterocycles. The molecule has 0 aromatic rings. The van der Waals surface area contributed by atoms with Gasteiger partial charge in [0, 0.05) is 12.7 Å². The van der Waals surface area contributed by atoms with E-state index >= 15 is 0 Å². The summed E-state index contributed by atoms with van der Waals surface area (Å²) in [6.45, 7) is 6.39. The molecule has 9 nitrogen and oxygen atoms in total.